The average Bonchev–Trinajstić information content (AvgIpc) is 2.68. The van der Waals surface area contributed by atoms with Crippen LogP contribution in [0, 0.1) is 5.82 Å². The summed E-state index contributed by atoms with van der Waals surface area (Å²) in [6.45, 7) is 5.07. The number of ketones is 1. The third kappa shape index (κ3) is 4.78. The summed E-state index contributed by atoms with van der Waals surface area (Å²) >= 11 is 0. The van der Waals surface area contributed by atoms with Crippen LogP contribution in [0.2, 0.25) is 0 Å². The summed E-state index contributed by atoms with van der Waals surface area (Å²) in [4.78, 5) is 26.0. The fourth-order valence-electron chi connectivity index (χ4n) is 3.10. The van der Waals surface area contributed by atoms with E-state index in [1.807, 2.05) is 6.92 Å². The van der Waals surface area contributed by atoms with E-state index >= 15 is 0 Å². The van der Waals surface area contributed by atoms with Crippen molar-refractivity contribution in [3.63, 3.8) is 0 Å². The van der Waals surface area contributed by atoms with Crippen molar-refractivity contribution in [2.75, 3.05) is 25.0 Å². The number of carbonyl (C=O) groups is 2. The molecular weight excluding hydrogens is 347 g/mol. The van der Waals surface area contributed by atoms with Gasteiger partial charge in [0.05, 0.1) is 18.8 Å². The van der Waals surface area contributed by atoms with Gasteiger partial charge in [0.1, 0.15) is 5.82 Å². The van der Waals surface area contributed by atoms with Crippen molar-refractivity contribution in [1.29, 1.82) is 0 Å². The largest absolute Gasteiger partial charge is 0.371 e. The maximum absolute atomic E-state index is 13.1. The number of carbonyl (C=O) groups excluding carboxylic acids is 2. The lowest BCUT2D eigenvalue weighted by molar-refractivity contribution is -0.124. The number of hydrogen-bond donors (Lipinski definition) is 1. The van der Waals surface area contributed by atoms with Gasteiger partial charge in [0.2, 0.25) is 5.91 Å². The number of hydrogen-bond acceptors (Lipinski definition) is 4. The van der Waals surface area contributed by atoms with Gasteiger partial charge in [0, 0.05) is 24.3 Å². The number of nitrogens with one attached hydrogen (secondary N) is 1. The maximum Gasteiger partial charge on any atom is 0.241 e. The van der Waals surface area contributed by atoms with Crippen molar-refractivity contribution in [2.24, 2.45) is 0 Å². The van der Waals surface area contributed by atoms with E-state index in [1.165, 1.54) is 19.1 Å². The van der Waals surface area contributed by atoms with Gasteiger partial charge in [-0.05, 0) is 55.8 Å². The summed E-state index contributed by atoms with van der Waals surface area (Å²) in [5.41, 5.74) is 2.16. The Morgan fingerprint density at radius 1 is 1.15 bits per heavy atom. The molecule has 0 radical (unpaired) electrons. The van der Waals surface area contributed by atoms with Gasteiger partial charge in [0.25, 0.3) is 0 Å². The molecule has 1 aliphatic heterocycles. The normalized spacial score (nSPS) is 18.7. The minimum absolute atomic E-state index is 0.0126. The van der Waals surface area contributed by atoms with Crippen LogP contribution in [0.15, 0.2) is 48.5 Å². The lowest BCUT2D eigenvalue weighted by Crippen LogP contribution is -2.48. The number of anilines is 1. The van der Waals surface area contributed by atoms with Gasteiger partial charge < -0.3 is 10.1 Å². The number of benzene rings is 2. The average molecular weight is 370 g/mol. The van der Waals surface area contributed by atoms with Crippen LogP contribution in [0.25, 0.3) is 0 Å². The van der Waals surface area contributed by atoms with Gasteiger partial charge in [-0.15, -0.1) is 0 Å². The molecule has 0 spiro atoms. The minimum atomic E-state index is -0.343. The molecule has 142 valence electrons. The van der Waals surface area contributed by atoms with E-state index < -0.39 is 0 Å². The Morgan fingerprint density at radius 3 is 2.44 bits per heavy atom. The molecule has 6 heteroatoms. The van der Waals surface area contributed by atoms with Crippen LogP contribution in [-0.4, -0.2) is 42.3 Å². The second-order valence-corrected chi connectivity index (χ2v) is 6.70. The molecule has 1 saturated heterocycles. The third-order valence-electron chi connectivity index (χ3n) is 4.83. The van der Waals surface area contributed by atoms with Crippen LogP contribution in [0.3, 0.4) is 0 Å². The first-order chi connectivity index (χ1) is 12.9. The molecule has 0 unspecified atom stereocenters. The molecule has 0 aliphatic carbocycles. The Kier molecular flexibility index (Phi) is 5.98. The van der Waals surface area contributed by atoms with Crippen molar-refractivity contribution in [3.05, 3.63) is 65.5 Å². The van der Waals surface area contributed by atoms with Gasteiger partial charge in [-0.2, -0.15) is 0 Å². The molecular formula is C21H23FN2O3. The van der Waals surface area contributed by atoms with Gasteiger partial charge >= 0.3 is 0 Å². The monoisotopic (exact) mass is 370 g/mol. The highest BCUT2D eigenvalue weighted by atomic mass is 19.1. The minimum Gasteiger partial charge on any atom is -0.371 e. The van der Waals surface area contributed by atoms with Crippen molar-refractivity contribution in [1.82, 2.24) is 4.90 Å². The summed E-state index contributed by atoms with van der Waals surface area (Å²) in [7, 11) is 0. The number of Topliss-reactive ketones (excluding diaryl/α,β-unsaturated/α-hetero) is 1. The molecule has 1 aliphatic rings. The van der Waals surface area contributed by atoms with Crippen LogP contribution in [0.5, 0.6) is 0 Å². The van der Waals surface area contributed by atoms with E-state index in [-0.39, 0.29) is 29.7 Å². The summed E-state index contributed by atoms with van der Waals surface area (Å²) < 4.78 is 18.9. The first kappa shape index (κ1) is 19.2. The van der Waals surface area contributed by atoms with Crippen molar-refractivity contribution in [2.45, 2.75) is 26.0 Å². The molecule has 1 amide bonds. The van der Waals surface area contributed by atoms with E-state index in [2.05, 4.69) is 10.2 Å². The SMILES string of the molecule is CC(=O)c1ccc(NC(=O)[C@H](C)N2CCO[C@@H](c3ccc(F)cc3)C2)cc1. The molecule has 2 aromatic carbocycles. The summed E-state index contributed by atoms with van der Waals surface area (Å²) in [6.07, 6.45) is -0.190. The first-order valence-corrected chi connectivity index (χ1v) is 8.97. The predicted molar refractivity (Wildman–Crippen MR) is 101 cm³/mol. The van der Waals surface area contributed by atoms with Gasteiger partial charge in [-0.1, -0.05) is 12.1 Å². The molecule has 0 bridgehead atoms. The van der Waals surface area contributed by atoms with Gasteiger partial charge in [-0.25, -0.2) is 4.39 Å². The Balaban J connectivity index is 1.61. The van der Waals surface area contributed by atoms with Crippen LogP contribution in [0.1, 0.15) is 35.9 Å². The highest BCUT2D eigenvalue weighted by Crippen LogP contribution is 2.24. The van der Waals surface area contributed by atoms with Crippen LogP contribution in [0.4, 0.5) is 10.1 Å². The van der Waals surface area contributed by atoms with E-state index in [0.29, 0.717) is 30.9 Å². The van der Waals surface area contributed by atoms with E-state index in [4.69, 9.17) is 4.74 Å². The zero-order valence-corrected chi connectivity index (χ0v) is 15.4. The number of ether oxygens (including phenoxy) is 1. The van der Waals surface area contributed by atoms with E-state index in [9.17, 15) is 14.0 Å². The molecule has 5 nitrogen and oxygen atoms in total. The standard InChI is InChI=1S/C21H23FN2O3/c1-14(21(26)23-19-9-5-16(6-10-19)15(2)25)24-11-12-27-20(13-24)17-3-7-18(22)8-4-17/h3-10,14,20H,11-13H2,1-2H3,(H,23,26)/t14-,20+/m0/s1. The summed E-state index contributed by atoms with van der Waals surface area (Å²) in [5.74, 6) is -0.415. The fourth-order valence-corrected chi connectivity index (χ4v) is 3.10. The van der Waals surface area contributed by atoms with E-state index in [0.717, 1.165) is 5.56 Å². The molecule has 2 atom stereocenters. The first-order valence-electron chi connectivity index (χ1n) is 8.97. The molecule has 2 aromatic rings. The Bertz CT molecular complexity index is 805. The second-order valence-electron chi connectivity index (χ2n) is 6.70. The zero-order valence-electron chi connectivity index (χ0n) is 15.4. The van der Waals surface area contributed by atoms with Crippen LogP contribution >= 0.6 is 0 Å². The number of amides is 1. The highest BCUT2D eigenvalue weighted by Gasteiger charge is 2.28. The second kappa shape index (κ2) is 8.41. The molecule has 27 heavy (non-hydrogen) atoms. The molecule has 1 fully saturated rings. The van der Waals surface area contributed by atoms with Gasteiger partial charge in [0.15, 0.2) is 5.78 Å². The predicted octanol–water partition coefficient (Wildman–Crippen LogP) is 3.43. The number of morpholine rings is 1. The Hall–Kier alpha value is -2.57. The van der Waals surface area contributed by atoms with Crippen molar-refractivity contribution < 1.29 is 18.7 Å². The van der Waals surface area contributed by atoms with Gasteiger partial charge in [-0.3, -0.25) is 14.5 Å². The van der Waals surface area contributed by atoms with Crippen molar-refractivity contribution >= 4 is 17.4 Å². The molecule has 1 N–H and O–H groups in total. The summed E-state index contributed by atoms with van der Waals surface area (Å²) in [5, 5.41) is 2.88. The fraction of sp³-hybridized carbons (Fsp3) is 0.333. The lowest BCUT2D eigenvalue weighted by Gasteiger charge is -2.36. The quantitative estimate of drug-likeness (QED) is 0.820. The number of nitrogens with zero attached hydrogens (tertiary/aromatic N) is 1. The third-order valence-corrected chi connectivity index (χ3v) is 4.83. The summed E-state index contributed by atoms with van der Waals surface area (Å²) in [6, 6.07) is 12.8. The van der Waals surface area contributed by atoms with Crippen LogP contribution in [-0.2, 0) is 9.53 Å². The molecule has 0 saturated carbocycles. The van der Waals surface area contributed by atoms with Crippen molar-refractivity contribution in [3.8, 4) is 0 Å². The number of rotatable bonds is 5. The molecule has 1 heterocycles. The zero-order chi connectivity index (χ0) is 19.4. The van der Waals surface area contributed by atoms with E-state index in [1.54, 1.807) is 36.4 Å². The Morgan fingerprint density at radius 2 is 1.81 bits per heavy atom. The smallest absolute Gasteiger partial charge is 0.241 e. The molecule has 0 aromatic heterocycles. The lowest BCUT2D eigenvalue weighted by atomic mass is 10.1. The topological polar surface area (TPSA) is 58.6 Å². The Labute approximate surface area is 158 Å². The maximum atomic E-state index is 13.1. The highest BCUT2D eigenvalue weighted by molar-refractivity contribution is 5.97. The number of halogens is 1. The van der Waals surface area contributed by atoms with Crippen LogP contribution < -0.4 is 5.32 Å². The molecule has 3 rings (SSSR count).